The van der Waals surface area contributed by atoms with E-state index in [1.807, 2.05) is 0 Å². The molecule has 30 heavy (non-hydrogen) atoms. The zero-order valence-electron chi connectivity index (χ0n) is 17.1. The molecule has 2 aromatic rings. The number of fused-ring (bicyclic) bond motifs is 1. The number of imidazole rings is 1. The molecular weight excluding hydrogens is 433 g/mol. The largest absolute Gasteiger partial charge is 0.468 e. The standard InChI is InChI=1S/C18H27ClN5O5P/c1-3-27-30(25,28-4-2)10-8-13(29-14-7-5-6-9-26-14)11-24-12-21-15-16(19)22-18(20)23-17(15)24/h11-12,14H,3-10H2,1-2H3,(H2,20,22,23)/t14-/m1/s1. The Morgan fingerprint density at radius 1 is 1.37 bits per heavy atom. The molecule has 0 bridgehead atoms. The van der Waals surface area contributed by atoms with Gasteiger partial charge in [-0.3, -0.25) is 9.13 Å². The Balaban J connectivity index is 1.88. The third kappa shape index (κ3) is 5.92. The second-order valence-electron chi connectivity index (χ2n) is 6.63. The maximum atomic E-state index is 12.9. The van der Waals surface area contributed by atoms with Crippen molar-refractivity contribution in [3.63, 3.8) is 0 Å². The second-order valence-corrected chi connectivity index (χ2v) is 9.17. The van der Waals surface area contributed by atoms with Crippen LogP contribution in [0.5, 0.6) is 0 Å². The van der Waals surface area contributed by atoms with Crippen molar-refractivity contribution in [2.24, 2.45) is 0 Å². The zero-order chi connectivity index (χ0) is 21.6. The summed E-state index contributed by atoms with van der Waals surface area (Å²) in [7, 11) is -3.23. The maximum absolute atomic E-state index is 12.9. The molecule has 2 aromatic heterocycles. The van der Waals surface area contributed by atoms with E-state index in [1.165, 1.54) is 0 Å². The molecule has 0 radical (unpaired) electrons. The molecule has 0 aliphatic carbocycles. The normalized spacial score (nSPS) is 18.1. The summed E-state index contributed by atoms with van der Waals surface area (Å²) in [6.45, 7) is 4.79. The Kier molecular flexibility index (Phi) is 8.07. The minimum absolute atomic E-state index is 0.0397. The molecular formula is C18H27ClN5O5P. The van der Waals surface area contributed by atoms with Gasteiger partial charge in [0.15, 0.2) is 17.1 Å². The number of rotatable bonds is 10. The average molecular weight is 460 g/mol. The number of hydrogen-bond acceptors (Lipinski definition) is 9. The van der Waals surface area contributed by atoms with Crippen molar-refractivity contribution in [3.8, 4) is 0 Å². The summed E-state index contributed by atoms with van der Waals surface area (Å²) in [5, 5.41) is 0.167. The summed E-state index contributed by atoms with van der Waals surface area (Å²) in [4.78, 5) is 12.4. The van der Waals surface area contributed by atoms with Crippen LogP contribution in [-0.2, 0) is 23.1 Å². The quantitative estimate of drug-likeness (QED) is 0.318. The molecule has 0 amide bonds. The Morgan fingerprint density at radius 2 is 2.13 bits per heavy atom. The van der Waals surface area contributed by atoms with E-state index in [-0.39, 0.29) is 23.6 Å². The van der Waals surface area contributed by atoms with E-state index in [2.05, 4.69) is 15.0 Å². The molecule has 3 rings (SSSR count). The van der Waals surface area contributed by atoms with Crippen molar-refractivity contribution >= 4 is 42.5 Å². The van der Waals surface area contributed by atoms with Gasteiger partial charge in [0.05, 0.1) is 26.0 Å². The van der Waals surface area contributed by atoms with Crippen molar-refractivity contribution in [3.05, 3.63) is 17.2 Å². The highest BCUT2D eigenvalue weighted by atomic mass is 35.5. The van der Waals surface area contributed by atoms with Gasteiger partial charge in [-0.15, -0.1) is 0 Å². The zero-order valence-corrected chi connectivity index (χ0v) is 18.8. The first-order valence-electron chi connectivity index (χ1n) is 9.96. The van der Waals surface area contributed by atoms with E-state index >= 15 is 0 Å². The summed E-state index contributed by atoms with van der Waals surface area (Å²) in [5.74, 6) is 0.576. The molecule has 10 nitrogen and oxygen atoms in total. The van der Waals surface area contributed by atoms with Crippen molar-refractivity contribution < 1.29 is 23.1 Å². The van der Waals surface area contributed by atoms with Gasteiger partial charge in [-0.25, -0.2) is 4.98 Å². The highest BCUT2D eigenvalue weighted by Gasteiger charge is 2.25. The lowest BCUT2D eigenvalue weighted by molar-refractivity contribution is -0.139. The molecule has 0 spiro atoms. The van der Waals surface area contributed by atoms with Crippen LogP contribution in [0, 0.1) is 0 Å². The minimum Gasteiger partial charge on any atom is -0.468 e. The molecule has 0 saturated carbocycles. The van der Waals surface area contributed by atoms with E-state index in [4.69, 9.17) is 35.9 Å². The van der Waals surface area contributed by atoms with Crippen LogP contribution in [0.15, 0.2) is 12.1 Å². The van der Waals surface area contributed by atoms with E-state index < -0.39 is 7.60 Å². The maximum Gasteiger partial charge on any atom is 0.331 e. The molecule has 1 atom stereocenters. The summed E-state index contributed by atoms with van der Waals surface area (Å²) < 4.78 is 37.1. The smallest absolute Gasteiger partial charge is 0.331 e. The van der Waals surface area contributed by atoms with Gasteiger partial charge in [0.1, 0.15) is 17.6 Å². The van der Waals surface area contributed by atoms with Crippen LogP contribution in [0.3, 0.4) is 0 Å². The Morgan fingerprint density at radius 3 is 2.80 bits per heavy atom. The highest BCUT2D eigenvalue weighted by molar-refractivity contribution is 7.53. The monoisotopic (exact) mass is 459 g/mol. The molecule has 1 aliphatic rings. The number of nitrogens with zero attached hydrogens (tertiary/aromatic N) is 4. The SMILES string of the molecule is CCOP(=O)(CCC(=Cn1cnc2c(Cl)nc(N)nc21)O[C@@H]1CCCCO1)OCC. The van der Waals surface area contributed by atoms with Crippen LogP contribution in [0.2, 0.25) is 5.15 Å². The Hall–Kier alpha value is -1.71. The number of halogens is 1. The number of anilines is 1. The van der Waals surface area contributed by atoms with Crippen LogP contribution >= 0.6 is 19.2 Å². The van der Waals surface area contributed by atoms with Gasteiger partial charge in [0.25, 0.3) is 0 Å². The summed E-state index contributed by atoms with van der Waals surface area (Å²) >= 11 is 6.11. The van der Waals surface area contributed by atoms with E-state index in [1.54, 1.807) is 30.9 Å². The number of nitrogen functional groups attached to an aromatic ring is 1. The second kappa shape index (κ2) is 10.5. The lowest BCUT2D eigenvalue weighted by atomic mass is 10.2. The molecule has 12 heteroatoms. The lowest BCUT2D eigenvalue weighted by Crippen LogP contribution is -2.22. The van der Waals surface area contributed by atoms with Gasteiger partial charge in [0, 0.05) is 19.0 Å². The number of allylic oxidation sites excluding steroid dienone is 1. The van der Waals surface area contributed by atoms with Crippen molar-refractivity contribution in [2.45, 2.75) is 45.8 Å². The summed E-state index contributed by atoms with van der Waals surface area (Å²) in [5.41, 5.74) is 6.59. The predicted octanol–water partition coefficient (Wildman–Crippen LogP) is 4.06. The van der Waals surface area contributed by atoms with Gasteiger partial charge >= 0.3 is 7.60 Å². The van der Waals surface area contributed by atoms with Crippen LogP contribution < -0.4 is 5.73 Å². The first-order chi connectivity index (χ1) is 14.4. The molecule has 2 N–H and O–H groups in total. The van der Waals surface area contributed by atoms with Crippen LogP contribution in [0.25, 0.3) is 17.4 Å². The molecule has 1 saturated heterocycles. The van der Waals surface area contributed by atoms with Gasteiger partial charge in [-0.1, -0.05) is 11.6 Å². The molecule has 1 fully saturated rings. The summed E-state index contributed by atoms with van der Waals surface area (Å²) in [6.07, 6.45) is 6.14. The van der Waals surface area contributed by atoms with Crippen LogP contribution in [0.1, 0.15) is 39.5 Å². The summed E-state index contributed by atoms with van der Waals surface area (Å²) in [6, 6.07) is 0. The highest BCUT2D eigenvalue weighted by Crippen LogP contribution is 2.49. The number of hydrogen-bond donors (Lipinski definition) is 1. The number of nitrogens with two attached hydrogens (primary N) is 1. The third-order valence-corrected chi connectivity index (χ3v) is 6.72. The fourth-order valence-electron chi connectivity index (χ4n) is 3.08. The Labute approximate surface area is 180 Å². The van der Waals surface area contributed by atoms with Crippen molar-refractivity contribution in [1.29, 1.82) is 0 Å². The van der Waals surface area contributed by atoms with E-state index in [0.29, 0.717) is 43.2 Å². The van der Waals surface area contributed by atoms with Crippen LogP contribution in [0.4, 0.5) is 5.95 Å². The van der Waals surface area contributed by atoms with Gasteiger partial charge < -0.3 is 24.3 Å². The number of ether oxygens (including phenoxy) is 2. The van der Waals surface area contributed by atoms with Gasteiger partial charge in [-0.2, -0.15) is 9.97 Å². The van der Waals surface area contributed by atoms with E-state index in [9.17, 15) is 4.57 Å². The first kappa shape index (κ1) is 23.0. The van der Waals surface area contributed by atoms with Gasteiger partial charge in [0.2, 0.25) is 5.95 Å². The van der Waals surface area contributed by atoms with Crippen LogP contribution in [-0.4, -0.2) is 51.8 Å². The predicted molar refractivity (Wildman–Crippen MR) is 114 cm³/mol. The van der Waals surface area contributed by atoms with E-state index in [0.717, 1.165) is 19.3 Å². The Bertz CT molecular complexity index is 921. The van der Waals surface area contributed by atoms with Crippen molar-refractivity contribution in [1.82, 2.24) is 19.5 Å². The minimum atomic E-state index is -3.23. The average Bonchev–Trinajstić information content (AvgIpc) is 3.10. The first-order valence-corrected chi connectivity index (χ1v) is 12.1. The molecule has 0 unspecified atom stereocenters. The number of aromatic nitrogens is 4. The fourth-order valence-corrected chi connectivity index (χ4v) is 4.91. The fraction of sp³-hybridized carbons (Fsp3) is 0.611. The molecule has 1 aliphatic heterocycles. The lowest BCUT2D eigenvalue weighted by Gasteiger charge is -2.25. The van der Waals surface area contributed by atoms with Crippen molar-refractivity contribution in [2.75, 3.05) is 31.7 Å². The topological polar surface area (TPSA) is 124 Å². The molecule has 3 heterocycles. The molecule has 166 valence electrons. The molecule has 0 aromatic carbocycles. The van der Waals surface area contributed by atoms with Gasteiger partial charge in [-0.05, 0) is 26.7 Å². The third-order valence-electron chi connectivity index (χ3n) is 4.38.